The quantitative estimate of drug-likeness (QED) is 0.564. The first-order valence-corrected chi connectivity index (χ1v) is 8.80. The van der Waals surface area contributed by atoms with E-state index in [-0.39, 0.29) is 29.7 Å². The van der Waals surface area contributed by atoms with Crippen LogP contribution in [0.25, 0.3) is 11.3 Å². The maximum atomic E-state index is 13.8. The molecule has 3 aromatic rings. The highest BCUT2D eigenvalue weighted by atomic mass is 35.5. The molecule has 0 aliphatic heterocycles. The third kappa shape index (κ3) is 6.39. The molecule has 9 heteroatoms. The number of carboxylic acids is 1. The molecule has 0 fully saturated rings. The van der Waals surface area contributed by atoms with E-state index in [1.165, 1.54) is 6.20 Å². The van der Waals surface area contributed by atoms with Crippen LogP contribution in [0.1, 0.15) is 12.0 Å². The Hall–Kier alpha value is -2.74. The number of carbonyl (C=O) groups is 1. The van der Waals surface area contributed by atoms with E-state index in [0.29, 0.717) is 17.9 Å². The van der Waals surface area contributed by atoms with E-state index in [4.69, 9.17) is 27.2 Å². The lowest BCUT2D eigenvalue weighted by Crippen LogP contribution is -2.26. The van der Waals surface area contributed by atoms with Crippen LogP contribution in [0.5, 0.6) is 11.6 Å². The van der Waals surface area contributed by atoms with Crippen LogP contribution < -0.4 is 10.5 Å². The summed E-state index contributed by atoms with van der Waals surface area (Å²) >= 11 is 5.68. The highest BCUT2D eigenvalue weighted by molar-refractivity contribution is 6.30. The van der Waals surface area contributed by atoms with Crippen molar-refractivity contribution in [1.29, 1.82) is 0 Å². The summed E-state index contributed by atoms with van der Waals surface area (Å²) in [5.41, 5.74) is 8.28. The molecule has 0 saturated carbocycles. The van der Waals surface area contributed by atoms with Crippen molar-refractivity contribution >= 4 is 30.0 Å². The number of hydrogen-bond donors (Lipinski definition) is 2. The van der Waals surface area contributed by atoms with E-state index in [1.54, 1.807) is 36.5 Å². The Kier molecular flexibility index (Phi) is 7.90. The highest BCUT2D eigenvalue weighted by Gasteiger charge is 2.11. The van der Waals surface area contributed by atoms with Gasteiger partial charge in [0.1, 0.15) is 5.75 Å². The number of hydrogen-bond acceptors (Lipinski definition) is 5. The number of aliphatic carboxylic acids is 1. The molecule has 2 heterocycles. The zero-order chi connectivity index (χ0) is 20.1. The zero-order valence-electron chi connectivity index (χ0n) is 15.1. The summed E-state index contributed by atoms with van der Waals surface area (Å²) in [7, 11) is 0. The number of pyridine rings is 2. The summed E-state index contributed by atoms with van der Waals surface area (Å²) in [4.78, 5) is 18.9. The molecular weight excluding hydrogens is 420 g/mol. The largest absolute Gasteiger partial charge is 0.481 e. The molecule has 1 atom stereocenters. The first-order chi connectivity index (χ1) is 13.4. The van der Waals surface area contributed by atoms with Crippen LogP contribution in [0, 0.1) is 5.82 Å². The number of nitrogens with two attached hydrogens (primary N) is 1. The standard InChI is InChI=1S/C20H17ClFN3O3.ClH/c21-14-9-17(22)20(25-11-14)28-16-3-1-13(2-4-16)18-8-12(5-6-24-18)7-15(23)10-19(26)27;/h1-6,8-9,11,15H,7,10,23H2,(H,26,27);1H/t15-;/m0./s1. The van der Waals surface area contributed by atoms with Crippen molar-refractivity contribution in [3.05, 3.63) is 71.3 Å². The molecule has 0 aliphatic carbocycles. The van der Waals surface area contributed by atoms with Crippen molar-refractivity contribution in [2.24, 2.45) is 5.73 Å². The Morgan fingerprint density at radius 1 is 1.21 bits per heavy atom. The van der Waals surface area contributed by atoms with Gasteiger partial charge in [-0.05, 0) is 54.4 Å². The van der Waals surface area contributed by atoms with Gasteiger partial charge in [0, 0.05) is 24.0 Å². The van der Waals surface area contributed by atoms with E-state index < -0.39 is 17.8 Å². The van der Waals surface area contributed by atoms with Crippen molar-refractivity contribution in [3.63, 3.8) is 0 Å². The number of rotatable bonds is 7. The second-order valence-corrected chi connectivity index (χ2v) is 6.61. The van der Waals surface area contributed by atoms with Crippen LogP contribution in [0.3, 0.4) is 0 Å². The second-order valence-electron chi connectivity index (χ2n) is 6.18. The summed E-state index contributed by atoms with van der Waals surface area (Å²) in [5, 5.41) is 9.01. The summed E-state index contributed by atoms with van der Waals surface area (Å²) in [6, 6.07) is 11.2. The van der Waals surface area contributed by atoms with Crippen LogP contribution in [-0.2, 0) is 11.2 Å². The highest BCUT2D eigenvalue weighted by Crippen LogP contribution is 2.27. The normalized spacial score (nSPS) is 11.4. The fourth-order valence-corrected chi connectivity index (χ4v) is 2.79. The molecule has 0 radical (unpaired) electrons. The fraction of sp³-hybridized carbons (Fsp3) is 0.150. The molecule has 2 aromatic heterocycles. The lowest BCUT2D eigenvalue weighted by molar-refractivity contribution is -0.137. The average Bonchev–Trinajstić information content (AvgIpc) is 2.64. The van der Waals surface area contributed by atoms with Gasteiger partial charge in [-0.15, -0.1) is 12.4 Å². The Labute approximate surface area is 177 Å². The molecule has 1 aromatic carbocycles. The first-order valence-electron chi connectivity index (χ1n) is 8.42. The van der Waals surface area contributed by atoms with Crippen LogP contribution in [0.2, 0.25) is 5.02 Å². The van der Waals surface area contributed by atoms with Crippen molar-refractivity contribution < 1.29 is 19.0 Å². The third-order valence-corrected chi connectivity index (χ3v) is 4.10. The van der Waals surface area contributed by atoms with E-state index in [1.807, 2.05) is 6.07 Å². The maximum absolute atomic E-state index is 13.8. The van der Waals surface area contributed by atoms with Gasteiger partial charge in [0.2, 0.25) is 0 Å². The average molecular weight is 438 g/mol. The van der Waals surface area contributed by atoms with Crippen LogP contribution in [-0.4, -0.2) is 27.1 Å². The maximum Gasteiger partial charge on any atom is 0.304 e. The number of ether oxygens (including phenoxy) is 1. The van der Waals surface area contributed by atoms with Crippen LogP contribution >= 0.6 is 24.0 Å². The summed E-state index contributed by atoms with van der Waals surface area (Å²) in [5.74, 6) is -1.32. The molecule has 0 bridgehead atoms. The van der Waals surface area contributed by atoms with E-state index in [9.17, 15) is 9.18 Å². The molecule has 152 valence electrons. The van der Waals surface area contributed by atoms with Gasteiger partial charge in [-0.3, -0.25) is 9.78 Å². The minimum absolute atomic E-state index is 0. The monoisotopic (exact) mass is 437 g/mol. The molecule has 29 heavy (non-hydrogen) atoms. The van der Waals surface area contributed by atoms with Gasteiger partial charge in [0.05, 0.1) is 17.1 Å². The van der Waals surface area contributed by atoms with E-state index >= 15 is 0 Å². The van der Waals surface area contributed by atoms with Gasteiger partial charge in [-0.2, -0.15) is 0 Å². The Morgan fingerprint density at radius 2 is 1.93 bits per heavy atom. The molecule has 0 amide bonds. The smallest absolute Gasteiger partial charge is 0.304 e. The van der Waals surface area contributed by atoms with Crippen LogP contribution in [0.15, 0.2) is 54.9 Å². The minimum Gasteiger partial charge on any atom is -0.481 e. The predicted molar refractivity (Wildman–Crippen MR) is 110 cm³/mol. The molecule has 0 unspecified atom stereocenters. The first kappa shape index (κ1) is 22.5. The molecule has 0 spiro atoms. The SMILES string of the molecule is Cl.N[C@H](CC(=O)O)Cc1ccnc(-c2ccc(Oc3ncc(Cl)cc3F)cc2)c1. The lowest BCUT2D eigenvalue weighted by Gasteiger charge is -2.10. The minimum atomic E-state index is -0.927. The van der Waals surface area contributed by atoms with Gasteiger partial charge in [0.25, 0.3) is 5.88 Å². The Balaban J connectivity index is 0.00000300. The van der Waals surface area contributed by atoms with E-state index in [0.717, 1.165) is 17.2 Å². The predicted octanol–water partition coefficient (Wildman–Crippen LogP) is 4.49. The topological polar surface area (TPSA) is 98.3 Å². The molecule has 0 saturated heterocycles. The number of nitrogens with zero attached hydrogens (tertiary/aromatic N) is 2. The van der Waals surface area contributed by atoms with Crippen molar-refractivity contribution in [2.45, 2.75) is 18.9 Å². The number of carboxylic acid groups (broad SMARTS) is 1. The van der Waals surface area contributed by atoms with E-state index in [2.05, 4.69) is 9.97 Å². The summed E-state index contributed by atoms with van der Waals surface area (Å²) < 4.78 is 19.2. The molecule has 6 nitrogen and oxygen atoms in total. The van der Waals surface area contributed by atoms with Crippen molar-refractivity contribution in [2.75, 3.05) is 0 Å². The molecule has 3 rings (SSSR count). The summed E-state index contributed by atoms with van der Waals surface area (Å²) in [6.07, 6.45) is 3.29. The number of aromatic nitrogens is 2. The van der Waals surface area contributed by atoms with Gasteiger partial charge >= 0.3 is 5.97 Å². The van der Waals surface area contributed by atoms with Crippen LogP contribution in [0.4, 0.5) is 4.39 Å². The number of benzene rings is 1. The number of halogens is 3. The van der Waals surface area contributed by atoms with Gasteiger partial charge < -0.3 is 15.6 Å². The van der Waals surface area contributed by atoms with Gasteiger partial charge in [-0.25, -0.2) is 9.37 Å². The third-order valence-electron chi connectivity index (χ3n) is 3.90. The second kappa shape index (κ2) is 10.2. The summed E-state index contributed by atoms with van der Waals surface area (Å²) in [6.45, 7) is 0. The lowest BCUT2D eigenvalue weighted by atomic mass is 10.0. The molecule has 0 aliphatic rings. The van der Waals surface area contributed by atoms with Gasteiger partial charge in [-0.1, -0.05) is 11.6 Å². The Bertz CT molecular complexity index is 987. The fourth-order valence-electron chi connectivity index (χ4n) is 2.64. The van der Waals surface area contributed by atoms with Gasteiger partial charge in [0.15, 0.2) is 5.82 Å². The molecule has 3 N–H and O–H groups in total. The van der Waals surface area contributed by atoms with Crippen molar-refractivity contribution in [1.82, 2.24) is 9.97 Å². The van der Waals surface area contributed by atoms with Crippen molar-refractivity contribution in [3.8, 4) is 22.9 Å². The zero-order valence-corrected chi connectivity index (χ0v) is 16.7. The molecular formula is C20H18Cl2FN3O3. The Morgan fingerprint density at radius 3 is 2.59 bits per heavy atom.